The number of ketones is 1. The summed E-state index contributed by atoms with van der Waals surface area (Å²) in [6.45, 7) is 2.90. The van der Waals surface area contributed by atoms with E-state index in [1.165, 1.54) is 13.8 Å². The lowest BCUT2D eigenvalue weighted by Gasteiger charge is -2.05. The highest BCUT2D eigenvalue weighted by atomic mass is 19.1. The summed E-state index contributed by atoms with van der Waals surface area (Å²) in [7, 11) is 0. The summed E-state index contributed by atoms with van der Waals surface area (Å²) in [6, 6.07) is 0. The maximum absolute atomic E-state index is 12.4. The van der Waals surface area contributed by atoms with Crippen molar-refractivity contribution >= 4 is 11.8 Å². The number of rotatable bonds is 3. The predicted octanol–water partition coefficient (Wildman–Crippen LogP) is 0.634. The molecule has 58 valence electrons. The van der Waals surface area contributed by atoms with Gasteiger partial charge in [-0.15, -0.1) is 0 Å². The van der Waals surface area contributed by atoms with Gasteiger partial charge in [0.05, 0.1) is 0 Å². The third-order valence-corrected chi connectivity index (χ3v) is 1.05. The summed E-state index contributed by atoms with van der Waals surface area (Å²) < 4.78 is 12.4. The molecule has 1 N–H and O–H groups in total. The normalized spacial score (nSPS) is 13.2. The van der Waals surface area contributed by atoms with E-state index in [1.54, 1.807) is 0 Å². The molecule has 0 rings (SSSR count). The van der Waals surface area contributed by atoms with Crippen LogP contribution in [-0.4, -0.2) is 23.0 Å². The Morgan fingerprint density at radius 2 is 1.80 bits per heavy atom. The molecule has 0 saturated heterocycles. The largest absolute Gasteiger partial charge is 0.475 e. The van der Waals surface area contributed by atoms with Crippen LogP contribution in [0.2, 0.25) is 0 Å². The molecule has 0 fully saturated rings. The lowest BCUT2D eigenvalue weighted by Crippen LogP contribution is -2.28. The molecule has 0 heterocycles. The number of halogens is 1. The van der Waals surface area contributed by atoms with Gasteiger partial charge >= 0.3 is 5.97 Å². The van der Waals surface area contributed by atoms with Crippen LogP contribution in [0.5, 0.6) is 0 Å². The Morgan fingerprint density at radius 3 is 1.90 bits per heavy atom. The van der Waals surface area contributed by atoms with Crippen LogP contribution in [0.3, 0.4) is 0 Å². The average molecular weight is 148 g/mol. The van der Waals surface area contributed by atoms with Crippen LogP contribution < -0.4 is 0 Å². The van der Waals surface area contributed by atoms with E-state index >= 15 is 0 Å². The van der Waals surface area contributed by atoms with E-state index in [-0.39, 0.29) is 0 Å². The topological polar surface area (TPSA) is 54.4 Å². The number of aliphatic carboxylic acids is 1. The van der Waals surface area contributed by atoms with Gasteiger partial charge in [0.1, 0.15) is 0 Å². The average Bonchev–Trinajstić information content (AvgIpc) is 1.84. The molecule has 0 aromatic rings. The highest BCUT2D eigenvalue weighted by Gasteiger charge is 2.26. The van der Waals surface area contributed by atoms with Crippen molar-refractivity contribution in [3.05, 3.63) is 0 Å². The molecule has 0 aliphatic carbocycles. The number of carboxylic acid groups (broad SMARTS) is 1. The Labute approximate surface area is 57.8 Å². The third kappa shape index (κ3) is 2.13. The van der Waals surface area contributed by atoms with E-state index in [0.29, 0.717) is 0 Å². The SMILES string of the molecule is CC(C)C(F)C(=O)C(=O)O. The van der Waals surface area contributed by atoms with Crippen LogP contribution in [-0.2, 0) is 9.59 Å². The molecule has 0 saturated carbocycles. The van der Waals surface area contributed by atoms with Crippen molar-refractivity contribution in [1.29, 1.82) is 0 Å². The first kappa shape index (κ1) is 9.07. The lowest BCUT2D eigenvalue weighted by atomic mass is 10.1. The van der Waals surface area contributed by atoms with Crippen molar-refractivity contribution in [3.8, 4) is 0 Å². The zero-order valence-corrected chi connectivity index (χ0v) is 5.80. The van der Waals surface area contributed by atoms with Crippen LogP contribution >= 0.6 is 0 Å². The molecule has 1 unspecified atom stereocenters. The van der Waals surface area contributed by atoms with Crippen LogP contribution in [0.1, 0.15) is 13.8 Å². The van der Waals surface area contributed by atoms with Crippen molar-refractivity contribution in [3.63, 3.8) is 0 Å². The van der Waals surface area contributed by atoms with E-state index < -0.39 is 23.8 Å². The zero-order chi connectivity index (χ0) is 8.31. The molecule has 0 aromatic heterocycles. The lowest BCUT2D eigenvalue weighted by molar-refractivity contribution is -0.152. The molecule has 0 aliphatic heterocycles. The molecular weight excluding hydrogens is 139 g/mol. The molecular formula is C6H9FO3. The molecule has 10 heavy (non-hydrogen) atoms. The predicted molar refractivity (Wildman–Crippen MR) is 32.4 cm³/mol. The molecule has 0 bridgehead atoms. The van der Waals surface area contributed by atoms with Gasteiger partial charge in [-0.05, 0) is 5.92 Å². The first-order valence-electron chi connectivity index (χ1n) is 2.88. The Kier molecular flexibility index (Phi) is 2.99. The molecule has 0 radical (unpaired) electrons. The van der Waals surface area contributed by atoms with Gasteiger partial charge < -0.3 is 5.11 Å². The van der Waals surface area contributed by atoms with Gasteiger partial charge in [0.15, 0.2) is 6.17 Å². The maximum Gasteiger partial charge on any atom is 0.375 e. The Morgan fingerprint density at radius 1 is 1.40 bits per heavy atom. The first-order chi connectivity index (χ1) is 4.46. The van der Waals surface area contributed by atoms with Crippen LogP contribution in [0.4, 0.5) is 4.39 Å². The number of Topliss-reactive ketones (excluding diaryl/α,β-unsaturated/α-hetero) is 1. The molecule has 0 spiro atoms. The second-order valence-electron chi connectivity index (χ2n) is 2.32. The van der Waals surface area contributed by atoms with Gasteiger partial charge in [0, 0.05) is 0 Å². The Hall–Kier alpha value is -0.930. The zero-order valence-electron chi connectivity index (χ0n) is 5.80. The third-order valence-electron chi connectivity index (χ3n) is 1.05. The summed E-state index contributed by atoms with van der Waals surface area (Å²) >= 11 is 0. The summed E-state index contributed by atoms with van der Waals surface area (Å²) in [5.74, 6) is -3.64. The first-order valence-corrected chi connectivity index (χ1v) is 2.88. The minimum absolute atomic E-state index is 0.566. The van der Waals surface area contributed by atoms with E-state index in [2.05, 4.69) is 0 Å². The number of hydrogen-bond acceptors (Lipinski definition) is 2. The number of carbonyl (C=O) groups excluding carboxylic acids is 1. The number of carbonyl (C=O) groups is 2. The fourth-order valence-corrected chi connectivity index (χ4v) is 0.421. The minimum Gasteiger partial charge on any atom is -0.475 e. The summed E-state index contributed by atoms with van der Waals surface area (Å²) in [5.41, 5.74) is 0. The minimum atomic E-state index is -1.88. The van der Waals surface area contributed by atoms with Crippen LogP contribution in [0.15, 0.2) is 0 Å². The number of hydrogen-bond donors (Lipinski definition) is 1. The van der Waals surface area contributed by atoms with Crippen molar-refractivity contribution in [1.82, 2.24) is 0 Å². The highest BCUT2D eigenvalue weighted by molar-refractivity contribution is 6.34. The van der Waals surface area contributed by atoms with Gasteiger partial charge in [-0.1, -0.05) is 13.8 Å². The van der Waals surface area contributed by atoms with Gasteiger partial charge in [-0.25, -0.2) is 9.18 Å². The van der Waals surface area contributed by atoms with Crippen LogP contribution in [0, 0.1) is 5.92 Å². The van der Waals surface area contributed by atoms with Crippen molar-refractivity contribution < 1.29 is 19.1 Å². The van der Waals surface area contributed by atoms with Crippen molar-refractivity contribution in [2.45, 2.75) is 20.0 Å². The molecule has 3 nitrogen and oxygen atoms in total. The van der Waals surface area contributed by atoms with Crippen molar-refractivity contribution in [2.24, 2.45) is 5.92 Å². The molecule has 0 amide bonds. The van der Waals surface area contributed by atoms with E-state index in [4.69, 9.17) is 5.11 Å². The highest BCUT2D eigenvalue weighted by Crippen LogP contribution is 2.06. The molecule has 0 aliphatic rings. The fraction of sp³-hybridized carbons (Fsp3) is 0.667. The number of alkyl halides is 1. The second-order valence-corrected chi connectivity index (χ2v) is 2.32. The Balaban J connectivity index is 4.08. The monoisotopic (exact) mass is 148 g/mol. The quantitative estimate of drug-likeness (QED) is 0.597. The summed E-state index contributed by atoms with van der Waals surface area (Å²) in [4.78, 5) is 20.2. The number of carboxylic acids is 1. The second kappa shape index (κ2) is 3.29. The molecule has 1 atom stereocenters. The maximum atomic E-state index is 12.4. The fourth-order valence-electron chi connectivity index (χ4n) is 0.421. The van der Waals surface area contributed by atoms with E-state index in [1.807, 2.05) is 0 Å². The molecule has 0 aromatic carbocycles. The van der Waals surface area contributed by atoms with E-state index in [9.17, 15) is 14.0 Å². The van der Waals surface area contributed by atoms with Gasteiger partial charge in [-0.3, -0.25) is 4.79 Å². The van der Waals surface area contributed by atoms with Gasteiger partial charge in [0.25, 0.3) is 5.78 Å². The van der Waals surface area contributed by atoms with Crippen molar-refractivity contribution in [2.75, 3.05) is 0 Å². The van der Waals surface area contributed by atoms with Gasteiger partial charge in [-0.2, -0.15) is 0 Å². The van der Waals surface area contributed by atoms with E-state index in [0.717, 1.165) is 0 Å². The van der Waals surface area contributed by atoms with Gasteiger partial charge in [0.2, 0.25) is 0 Å². The summed E-state index contributed by atoms with van der Waals surface area (Å²) in [6.07, 6.45) is -1.88. The smallest absolute Gasteiger partial charge is 0.375 e. The standard InChI is InChI=1S/C6H9FO3/c1-3(2)4(7)5(8)6(9)10/h3-4H,1-2H3,(H,9,10). The molecule has 4 heteroatoms. The van der Waals surface area contributed by atoms with Crippen LogP contribution in [0.25, 0.3) is 0 Å². The Bertz CT molecular complexity index is 153. The summed E-state index contributed by atoms with van der Waals surface area (Å²) in [5, 5.41) is 8.01.